The molecule has 1 atom stereocenters. The number of benzene rings is 3. The molecule has 1 amide bonds. The van der Waals surface area contributed by atoms with E-state index in [9.17, 15) is 21.6 Å². The Morgan fingerprint density at radius 2 is 1.46 bits per heavy atom. The van der Waals surface area contributed by atoms with Gasteiger partial charge in [-0.2, -0.15) is 0 Å². The van der Waals surface area contributed by atoms with E-state index in [2.05, 4.69) is 5.32 Å². The van der Waals surface area contributed by atoms with Crippen LogP contribution in [0, 0.1) is 0 Å². The number of hydrogen-bond donors (Lipinski definition) is 1. The summed E-state index contributed by atoms with van der Waals surface area (Å²) in [6, 6.07) is 20.1. The van der Waals surface area contributed by atoms with Crippen molar-refractivity contribution in [2.45, 2.75) is 29.7 Å². The predicted molar refractivity (Wildman–Crippen MR) is 135 cm³/mol. The smallest absolute Gasteiger partial charge is 0.264 e. The van der Waals surface area contributed by atoms with Crippen LogP contribution < -0.4 is 14.4 Å². The fourth-order valence-corrected chi connectivity index (χ4v) is 5.47. The van der Waals surface area contributed by atoms with Gasteiger partial charge in [-0.1, -0.05) is 30.3 Å². The Hall–Kier alpha value is -3.37. The zero-order chi connectivity index (χ0) is 25.6. The summed E-state index contributed by atoms with van der Waals surface area (Å²) in [5, 5.41) is 2.79. The first-order valence-corrected chi connectivity index (χ1v) is 14.3. The van der Waals surface area contributed by atoms with Crippen LogP contribution in [0.25, 0.3) is 0 Å². The van der Waals surface area contributed by atoms with Crippen molar-refractivity contribution < 1.29 is 26.4 Å². The Morgan fingerprint density at radius 3 is 2.00 bits per heavy atom. The summed E-state index contributed by atoms with van der Waals surface area (Å²) in [7, 11) is -7.39. The van der Waals surface area contributed by atoms with E-state index in [0.29, 0.717) is 23.6 Å². The largest absolute Gasteiger partial charge is 0.494 e. The molecule has 0 saturated carbocycles. The first-order valence-electron chi connectivity index (χ1n) is 10.9. The van der Waals surface area contributed by atoms with Crippen molar-refractivity contribution >= 4 is 31.5 Å². The minimum Gasteiger partial charge on any atom is -0.494 e. The van der Waals surface area contributed by atoms with Crippen molar-refractivity contribution in [1.82, 2.24) is 5.32 Å². The Bertz CT molecular complexity index is 1360. The monoisotopic (exact) mass is 516 g/mol. The molecule has 0 heterocycles. The second kappa shape index (κ2) is 10.9. The standard InChI is InChI=1S/C25H28N2O6S2/c1-4-33-22-12-16-24(17-13-22)35(31,32)27(21-8-6-5-7-9-21)18-25(28)26-19(2)20-10-14-23(15-11-20)34(3,29)30/h5-17,19H,4,18H2,1-3H3,(H,26,28). The van der Waals surface area contributed by atoms with Gasteiger partial charge in [-0.05, 0) is 67.9 Å². The van der Waals surface area contributed by atoms with Crippen molar-refractivity contribution in [2.24, 2.45) is 0 Å². The predicted octanol–water partition coefficient (Wildman–Crippen LogP) is 3.56. The van der Waals surface area contributed by atoms with Gasteiger partial charge in [-0.15, -0.1) is 0 Å². The maximum absolute atomic E-state index is 13.5. The number of amides is 1. The lowest BCUT2D eigenvalue weighted by Crippen LogP contribution is -2.41. The van der Waals surface area contributed by atoms with Gasteiger partial charge in [0, 0.05) is 6.26 Å². The van der Waals surface area contributed by atoms with Crippen LogP contribution in [0.15, 0.2) is 88.7 Å². The number of nitrogens with one attached hydrogen (secondary N) is 1. The number of nitrogens with zero attached hydrogens (tertiary/aromatic N) is 1. The lowest BCUT2D eigenvalue weighted by Gasteiger charge is -2.25. The van der Waals surface area contributed by atoms with E-state index in [4.69, 9.17) is 4.74 Å². The first kappa shape index (κ1) is 26.2. The molecular formula is C25H28N2O6S2. The first-order chi connectivity index (χ1) is 16.5. The molecule has 1 unspecified atom stereocenters. The maximum atomic E-state index is 13.5. The van der Waals surface area contributed by atoms with E-state index in [0.717, 1.165) is 10.6 Å². The summed E-state index contributed by atoms with van der Waals surface area (Å²) < 4.78 is 56.7. The molecule has 0 bridgehead atoms. The molecule has 0 saturated heterocycles. The second-order valence-corrected chi connectivity index (χ2v) is 11.8. The minimum atomic E-state index is -4.05. The molecule has 35 heavy (non-hydrogen) atoms. The number of anilines is 1. The van der Waals surface area contributed by atoms with Crippen molar-refractivity contribution in [3.63, 3.8) is 0 Å². The van der Waals surface area contributed by atoms with E-state index in [-0.39, 0.29) is 9.79 Å². The Labute approximate surface area is 206 Å². The zero-order valence-corrected chi connectivity index (χ0v) is 21.3. The third kappa shape index (κ3) is 6.61. The minimum absolute atomic E-state index is 0.0296. The fourth-order valence-electron chi connectivity index (χ4n) is 3.42. The summed E-state index contributed by atoms with van der Waals surface area (Å²) >= 11 is 0. The van der Waals surface area contributed by atoms with Crippen molar-refractivity contribution in [1.29, 1.82) is 0 Å². The summed E-state index contributed by atoms with van der Waals surface area (Å²) in [6.45, 7) is 3.59. The van der Waals surface area contributed by atoms with E-state index < -0.39 is 38.4 Å². The van der Waals surface area contributed by atoms with E-state index in [1.807, 2.05) is 6.92 Å². The van der Waals surface area contributed by atoms with Crippen molar-refractivity contribution in [3.8, 4) is 5.75 Å². The molecule has 0 fully saturated rings. The average molecular weight is 517 g/mol. The summed E-state index contributed by atoms with van der Waals surface area (Å²) in [5.41, 5.74) is 1.04. The number of carbonyl (C=O) groups excluding carboxylic acids is 1. The van der Waals surface area contributed by atoms with Crippen molar-refractivity contribution in [2.75, 3.05) is 23.7 Å². The highest BCUT2D eigenvalue weighted by atomic mass is 32.2. The maximum Gasteiger partial charge on any atom is 0.264 e. The molecule has 0 aliphatic rings. The van der Waals surface area contributed by atoms with Gasteiger partial charge < -0.3 is 10.1 Å². The quantitative estimate of drug-likeness (QED) is 0.441. The van der Waals surface area contributed by atoms with Gasteiger partial charge in [-0.25, -0.2) is 16.8 Å². The summed E-state index contributed by atoms with van der Waals surface area (Å²) in [6.07, 6.45) is 1.12. The molecule has 186 valence electrons. The number of carbonyl (C=O) groups is 1. The number of ether oxygens (including phenoxy) is 1. The molecule has 3 aromatic rings. The molecule has 8 nitrogen and oxygen atoms in total. The SMILES string of the molecule is CCOc1ccc(S(=O)(=O)N(CC(=O)NC(C)c2ccc(S(C)(=O)=O)cc2)c2ccccc2)cc1. The highest BCUT2D eigenvalue weighted by molar-refractivity contribution is 7.93. The molecule has 3 rings (SSSR count). The zero-order valence-electron chi connectivity index (χ0n) is 19.7. The van der Waals surface area contributed by atoms with Gasteiger partial charge >= 0.3 is 0 Å². The molecule has 10 heteroatoms. The molecular weight excluding hydrogens is 488 g/mol. The lowest BCUT2D eigenvalue weighted by molar-refractivity contribution is -0.120. The summed E-state index contributed by atoms with van der Waals surface area (Å²) in [5.74, 6) is 0.0363. The Balaban J connectivity index is 1.82. The average Bonchev–Trinajstić information content (AvgIpc) is 2.83. The molecule has 0 aromatic heterocycles. The lowest BCUT2D eigenvalue weighted by atomic mass is 10.1. The van der Waals surface area contributed by atoms with Gasteiger partial charge in [0.15, 0.2) is 9.84 Å². The van der Waals surface area contributed by atoms with Gasteiger partial charge in [0.05, 0.1) is 28.1 Å². The van der Waals surface area contributed by atoms with Crippen LogP contribution in [0.3, 0.4) is 0 Å². The van der Waals surface area contributed by atoms with Crippen LogP contribution >= 0.6 is 0 Å². The number of rotatable bonds is 10. The highest BCUT2D eigenvalue weighted by Crippen LogP contribution is 2.25. The molecule has 1 N–H and O–H groups in total. The van der Waals surface area contributed by atoms with Crippen LogP contribution in [-0.4, -0.2) is 42.2 Å². The second-order valence-electron chi connectivity index (χ2n) is 7.88. The number of sulfonamides is 1. The number of sulfone groups is 1. The highest BCUT2D eigenvalue weighted by Gasteiger charge is 2.27. The molecule has 0 aliphatic heterocycles. The van der Waals surface area contributed by atoms with Crippen LogP contribution in [0.4, 0.5) is 5.69 Å². The third-order valence-electron chi connectivity index (χ3n) is 5.24. The van der Waals surface area contributed by atoms with Gasteiger partial charge in [0.2, 0.25) is 5.91 Å². The molecule has 0 radical (unpaired) electrons. The Morgan fingerprint density at radius 1 is 0.886 bits per heavy atom. The molecule has 3 aromatic carbocycles. The Kier molecular flexibility index (Phi) is 8.18. The topological polar surface area (TPSA) is 110 Å². The van der Waals surface area contributed by atoms with Gasteiger partial charge in [-0.3, -0.25) is 9.10 Å². The van der Waals surface area contributed by atoms with E-state index >= 15 is 0 Å². The molecule has 0 spiro atoms. The van der Waals surface area contributed by atoms with Gasteiger partial charge in [0.25, 0.3) is 10.0 Å². The van der Waals surface area contributed by atoms with Crippen LogP contribution in [0.2, 0.25) is 0 Å². The van der Waals surface area contributed by atoms with Gasteiger partial charge in [0.1, 0.15) is 12.3 Å². The summed E-state index contributed by atoms with van der Waals surface area (Å²) in [4.78, 5) is 13.1. The third-order valence-corrected chi connectivity index (χ3v) is 8.16. The van der Waals surface area contributed by atoms with Crippen LogP contribution in [0.5, 0.6) is 5.75 Å². The number of para-hydroxylation sites is 1. The normalized spacial score (nSPS) is 12.5. The van der Waals surface area contributed by atoms with Crippen molar-refractivity contribution in [3.05, 3.63) is 84.4 Å². The number of hydrogen-bond acceptors (Lipinski definition) is 6. The van der Waals surface area contributed by atoms with E-state index in [1.165, 1.54) is 24.3 Å². The fraction of sp³-hybridized carbons (Fsp3) is 0.240. The molecule has 0 aliphatic carbocycles. The van der Waals surface area contributed by atoms with Crippen LogP contribution in [0.1, 0.15) is 25.5 Å². The van der Waals surface area contributed by atoms with E-state index in [1.54, 1.807) is 61.5 Å². The van der Waals surface area contributed by atoms with Crippen LogP contribution in [-0.2, 0) is 24.7 Å².